The Morgan fingerprint density at radius 2 is 2.03 bits per heavy atom. The topological polar surface area (TPSA) is 79.3 Å². The molecular formula is C24H20BrCl2N3O2. The second-order valence-corrected chi connectivity index (χ2v) is 9.45. The lowest BCUT2D eigenvalue weighted by atomic mass is 9.76. The van der Waals surface area contributed by atoms with Crippen molar-refractivity contribution in [2.75, 3.05) is 7.05 Å². The van der Waals surface area contributed by atoms with Crippen molar-refractivity contribution in [3.8, 4) is 11.8 Å². The monoisotopic (exact) mass is 531 g/mol. The molecule has 2 N–H and O–H groups in total. The highest BCUT2D eigenvalue weighted by molar-refractivity contribution is 9.10. The molecule has 0 fully saturated rings. The molecule has 1 heterocycles. The molecule has 4 rings (SSSR count). The van der Waals surface area contributed by atoms with Gasteiger partial charge in [-0.1, -0.05) is 35.3 Å². The summed E-state index contributed by atoms with van der Waals surface area (Å²) in [5.41, 5.74) is 9.87. The summed E-state index contributed by atoms with van der Waals surface area (Å²) in [7, 11) is 1.81. The van der Waals surface area contributed by atoms with Crippen LogP contribution in [0.1, 0.15) is 36.3 Å². The van der Waals surface area contributed by atoms with Crippen molar-refractivity contribution in [3.63, 3.8) is 0 Å². The highest BCUT2D eigenvalue weighted by Gasteiger charge is 2.38. The molecule has 8 heteroatoms. The van der Waals surface area contributed by atoms with E-state index in [0.29, 0.717) is 43.7 Å². The number of carbonyl (C=O) groups excluding carboxylic acids is 1. The molecule has 0 spiro atoms. The van der Waals surface area contributed by atoms with Crippen LogP contribution in [0.4, 0.5) is 0 Å². The first kappa shape index (κ1) is 22.7. The summed E-state index contributed by atoms with van der Waals surface area (Å²) in [6.45, 7) is 0.270. The molecule has 5 nitrogen and oxygen atoms in total. The van der Waals surface area contributed by atoms with Gasteiger partial charge >= 0.3 is 0 Å². The number of rotatable bonds is 4. The number of nitriles is 1. The summed E-state index contributed by atoms with van der Waals surface area (Å²) in [6, 6.07) is 13.1. The minimum atomic E-state index is -0.491. The fourth-order valence-corrected chi connectivity index (χ4v) is 5.18. The van der Waals surface area contributed by atoms with Gasteiger partial charge < -0.3 is 15.4 Å². The van der Waals surface area contributed by atoms with E-state index in [2.05, 4.69) is 22.0 Å². The van der Waals surface area contributed by atoms with Crippen LogP contribution in [-0.4, -0.2) is 17.7 Å². The number of benzene rings is 2. The van der Waals surface area contributed by atoms with Gasteiger partial charge in [-0.3, -0.25) is 4.79 Å². The minimum Gasteiger partial charge on any atom is -0.488 e. The third kappa shape index (κ3) is 4.13. The van der Waals surface area contributed by atoms with Crippen LogP contribution in [0.15, 0.2) is 63.5 Å². The van der Waals surface area contributed by atoms with E-state index in [1.54, 1.807) is 17.0 Å². The third-order valence-corrected chi connectivity index (χ3v) is 7.06. The van der Waals surface area contributed by atoms with Crippen molar-refractivity contribution in [1.82, 2.24) is 4.90 Å². The zero-order valence-electron chi connectivity index (χ0n) is 17.3. The van der Waals surface area contributed by atoms with Crippen LogP contribution in [0.25, 0.3) is 0 Å². The van der Waals surface area contributed by atoms with Gasteiger partial charge in [0.15, 0.2) is 5.78 Å². The first-order chi connectivity index (χ1) is 15.3. The zero-order valence-corrected chi connectivity index (χ0v) is 20.4. The number of Topliss-reactive ketones (excluding diaryl/α,β-unsaturated/α-hetero) is 1. The van der Waals surface area contributed by atoms with Crippen LogP contribution in [0.2, 0.25) is 10.0 Å². The second-order valence-electron chi connectivity index (χ2n) is 7.75. The Morgan fingerprint density at radius 3 is 2.72 bits per heavy atom. The number of carbonyl (C=O) groups is 1. The van der Waals surface area contributed by atoms with E-state index in [4.69, 9.17) is 33.7 Å². The van der Waals surface area contributed by atoms with E-state index < -0.39 is 5.92 Å². The predicted octanol–water partition coefficient (Wildman–Crippen LogP) is 6.06. The number of hydrogen-bond donors (Lipinski definition) is 1. The van der Waals surface area contributed by atoms with Gasteiger partial charge in [-0.2, -0.15) is 5.26 Å². The fraction of sp³-hybridized carbons (Fsp3) is 0.250. The Labute approximate surface area is 205 Å². The summed E-state index contributed by atoms with van der Waals surface area (Å²) in [5.74, 6) is 0.583. The largest absolute Gasteiger partial charge is 0.488 e. The van der Waals surface area contributed by atoms with Crippen molar-refractivity contribution in [1.29, 1.82) is 5.26 Å². The molecule has 1 aliphatic heterocycles. The van der Waals surface area contributed by atoms with E-state index >= 15 is 0 Å². The van der Waals surface area contributed by atoms with Crippen LogP contribution >= 0.6 is 39.1 Å². The molecule has 2 aromatic carbocycles. The average molecular weight is 533 g/mol. The molecule has 0 radical (unpaired) electrons. The van der Waals surface area contributed by atoms with Crippen LogP contribution in [-0.2, 0) is 11.4 Å². The van der Waals surface area contributed by atoms with Crippen LogP contribution in [0.3, 0.4) is 0 Å². The first-order valence-electron chi connectivity index (χ1n) is 10.1. The number of nitrogens with zero attached hydrogens (tertiary/aromatic N) is 2. The molecule has 2 aromatic rings. The van der Waals surface area contributed by atoms with Crippen LogP contribution < -0.4 is 10.5 Å². The maximum atomic E-state index is 12.9. The molecule has 0 aromatic heterocycles. The van der Waals surface area contributed by atoms with E-state index in [0.717, 1.165) is 29.7 Å². The molecular weight excluding hydrogens is 513 g/mol. The van der Waals surface area contributed by atoms with E-state index in [1.165, 1.54) is 0 Å². The molecule has 32 heavy (non-hydrogen) atoms. The quantitative estimate of drug-likeness (QED) is 0.517. The second kappa shape index (κ2) is 9.19. The average Bonchev–Trinajstić information content (AvgIpc) is 2.76. The molecule has 1 atom stereocenters. The lowest BCUT2D eigenvalue weighted by Crippen LogP contribution is -2.36. The maximum Gasteiger partial charge on any atom is 0.161 e. The summed E-state index contributed by atoms with van der Waals surface area (Å²) < 4.78 is 6.65. The maximum absolute atomic E-state index is 12.9. The van der Waals surface area contributed by atoms with Crippen molar-refractivity contribution in [2.24, 2.45) is 5.73 Å². The minimum absolute atomic E-state index is 0.0668. The summed E-state index contributed by atoms with van der Waals surface area (Å²) in [6.07, 6.45) is 2.03. The molecule has 0 amide bonds. The Hall–Kier alpha value is -2.46. The number of nitrogens with two attached hydrogens (primary N) is 1. The number of hydrogen-bond acceptors (Lipinski definition) is 5. The predicted molar refractivity (Wildman–Crippen MR) is 128 cm³/mol. The summed E-state index contributed by atoms with van der Waals surface area (Å²) in [5, 5.41) is 11.0. The van der Waals surface area contributed by atoms with Gasteiger partial charge in [-0.25, -0.2) is 0 Å². The lowest BCUT2D eigenvalue weighted by molar-refractivity contribution is -0.116. The molecule has 0 unspecified atom stereocenters. The van der Waals surface area contributed by atoms with Crippen LogP contribution in [0, 0.1) is 11.3 Å². The highest BCUT2D eigenvalue weighted by Crippen LogP contribution is 2.45. The van der Waals surface area contributed by atoms with Gasteiger partial charge in [-0.15, -0.1) is 0 Å². The molecule has 0 bridgehead atoms. The highest BCUT2D eigenvalue weighted by atomic mass is 79.9. The van der Waals surface area contributed by atoms with E-state index in [1.807, 2.05) is 31.3 Å². The zero-order chi connectivity index (χ0) is 23.0. The van der Waals surface area contributed by atoms with E-state index in [9.17, 15) is 10.1 Å². The Balaban J connectivity index is 1.67. The number of halogens is 3. The number of ketones is 1. The molecule has 0 saturated carbocycles. The molecule has 1 aliphatic carbocycles. The SMILES string of the molecule is CN1C(N)=C(C#N)[C@H](c2ccc(OCc3ccc(Cl)cc3Cl)c(Br)c2)C2=C1CCCC2=O. The van der Waals surface area contributed by atoms with Crippen molar-refractivity contribution in [2.45, 2.75) is 31.8 Å². The van der Waals surface area contributed by atoms with Gasteiger partial charge in [0.25, 0.3) is 0 Å². The van der Waals surface area contributed by atoms with Gasteiger partial charge in [0.05, 0.1) is 22.0 Å². The third-order valence-electron chi connectivity index (χ3n) is 5.86. The standard InChI is InChI=1S/C24H20BrCl2N3O2/c1-30-19-3-2-4-20(31)23(19)22(16(11-28)24(30)29)13-6-8-21(17(25)9-13)32-12-14-5-7-15(26)10-18(14)27/h5-10,22H,2-4,12,29H2,1H3/t22-/m0/s1. The van der Waals surface area contributed by atoms with Crippen LogP contribution in [0.5, 0.6) is 5.75 Å². The Morgan fingerprint density at radius 1 is 1.25 bits per heavy atom. The summed E-state index contributed by atoms with van der Waals surface area (Å²) >= 11 is 15.8. The summed E-state index contributed by atoms with van der Waals surface area (Å²) in [4.78, 5) is 14.7. The lowest BCUT2D eigenvalue weighted by Gasteiger charge is -2.37. The van der Waals surface area contributed by atoms with Gasteiger partial charge in [0.1, 0.15) is 18.2 Å². The Bertz CT molecular complexity index is 1220. The fourth-order valence-electron chi connectivity index (χ4n) is 4.20. The molecule has 0 saturated heterocycles. The molecule has 164 valence electrons. The van der Waals surface area contributed by atoms with Crippen molar-refractivity contribution in [3.05, 3.63) is 84.7 Å². The number of ether oxygens (including phenoxy) is 1. The van der Waals surface area contributed by atoms with Crippen molar-refractivity contribution < 1.29 is 9.53 Å². The van der Waals surface area contributed by atoms with Gasteiger partial charge in [-0.05, 0) is 58.6 Å². The van der Waals surface area contributed by atoms with Gasteiger partial charge in [0, 0.05) is 40.3 Å². The molecule has 2 aliphatic rings. The van der Waals surface area contributed by atoms with E-state index in [-0.39, 0.29) is 12.4 Å². The number of allylic oxidation sites excluding steroid dienone is 3. The smallest absolute Gasteiger partial charge is 0.161 e. The Kier molecular flexibility index (Phi) is 6.52. The van der Waals surface area contributed by atoms with Gasteiger partial charge in [0.2, 0.25) is 0 Å². The first-order valence-corrected chi connectivity index (χ1v) is 11.6. The van der Waals surface area contributed by atoms with Crippen molar-refractivity contribution >= 4 is 44.9 Å². The normalized spacial score (nSPS) is 18.5.